The Hall–Kier alpha value is -2.78. The van der Waals surface area contributed by atoms with Crippen LogP contribution in [-0.2, 0) is 25.5 Å². The maximum atomic E-state index is 13.5. The highest BCUT2D eigenvalue weighted by Gasteiger charge is 2.40. The molecule has 1 fully saturated rings. The summed E-state index contributed by atoms with van der Waals surface area (Å²) in [6.07, 6.45) is 2.66. The third kappa shape index (κ3) is 5.03. The summed E-state index contributed by atoms with van der Waals surface area (Å²) in [4.78, 5) is 39.8. The summed E-state index contributed by atoms with van der Waals surface area (Å²) >= 11 is 0. The highest BCUT2D eigenvalue weighted by atomic mass is 16.5. The number of imide groups is 1. The van der Waals surface area contributed by atoms with Gasteiger partial charge in [-0.2, -0.15) is 0 Å². The van der Waals surface area contributed by atoms with Crippen LogP contribution in [0.3, 0.4) is 0 Å². The summed E-state index contributed by atoms with van der Waals surface area (Å²) in [5.41, 5.74) is 7.04. The van der Waals surface area contributed by atoms with E-state index in [4.69, 9.17) is 15.9 Å². The Morgan fingerprint density at radius 3 is 2.87 bits per heavy atom. The van der Waals surface area contributed by atoms with Gasteiger partial charge in [-0.3, -0.25) is 19.9 Å². The van der Waals surface area contributed by atoms with E-state index in [9.17, 15) is 14.4 Å². The quantitative estimate of drug-likeness (QED) is 0.157. The lowest BCUT2D eigenvalue weighted by atomic mass is 9.96. The van der Waals surface area contributed by atoms with E-state index in [-0.39, 0.29) is 18.3 Å². The van der Waals surface area contributed by atoms with Gasteiger partial charge < -0.3 is 25.9 Å². The Morgan fingerprint density at radius 2 is 2.17 bits per heavy atom. The van der Waals surface area contributed by atoms with Crippen LogP contribution >= 0.6 is 0 Å². The Bertz CT molecular complexity index is 793. The molecule has 9 heteroatoms. The number of rotatable bonds is 8. The molecule has 30 heavy (non-hydrogen) atoms. The fraction of sp³-hybridized carbons (Fsp3) is 0.524. The fourth-order valence-electron chi connectivity index (χ4n) is 4.02. The van der Waals surface area contributed by atoms with Crippen LogP contribution in [-0.4, -0.2) is 60.7 Å². The van der Waals surface area contributed by atoms with E-state index < -0.39 is 24.1 Å². The van der Waals surface area contributed by atoms with E-state index in [0.717, 1.165) is 22.4 Å². The predicted octanol–water partition coefficient (Wildman–Crippen LogP) is 0.238. The van der Waals surface area contributed by atoms with Crippen LogP contribution in [0.4, 0.5) is 0 Å². The van der Waals surface area contributed by atoms with E-state index in [1.165, 1.54) is 0 Å². The monoisotopic (exact) mass is 415 g/mol. The molecule has 1 unspecified atom stereocenters. The Morgan fingerprint density at radius 1 is 1.37 bits per heavy atom. The number of amides is 2. The van der Waals surface area contributed by atoms with Gasteiger partial charge in [-0.05, 0) is 49.8 Å². The second kappa shape index (κ2) is 10.3. The van der Waals surface area contributed by atoms with Crippen molar-refractivity contribution in [3.05, 3.63) is 35.4 Å². The third-order valence-electron chi connectivity index (χ3n) is 5.53. The average Bonchev–Trinajstić information content (AvgIpc) is 3.29. The molecule has 0 radical (unpaired) electrons. The average molecular weight is 415 g/mol. The van der Waals surface area contributed by atoms with Gasteiger partial charge in [0.2, 0.25) is 5.91 Å². The number of fused-ring (bicyclic) bond motifs is 1. The van der Waals surface area contributed by atoms with Crippen LogP contribution in [0.5, 0.6) is 0 Å². The number of nitrogens with one attached hydrogen (secondary N) is 3. The van der Waals surface area contributed by atoms with E-state index >= 15 is 0 Å². The first kappa shape index (κ1) is 21.9. The maximum Gasteiger partial charge on any atom is 0.263 e. The summed E-state index contributed by atoms with van der Waals surface area (Å²) in [7, 11) is 0. The zero-order chi connectivity index (χ0) is 21.5. The molecule has 0 aromatic heterocycles. The molecule has 2 amide bonds. The Kier molecular flexibility index (Phi) is 7.53. The molecule has 0 aliphatic carbocycles. The van der Waals surface area contributed by atoms with Gasteiger partial charge in [-0.1, -0.05) is 24.3 Å². The number of guanidine groups is 1. The van der Waals surface area contributed by atoms with Crippen molar-refractivity contribution >= 4 is 24.1 Å². The molecule has 0 saturated carbocycles. The lowest BCUT2D eigenvalue weighted by molar-refractivity contribution is -0.159. The predicted molar refractivity (Wildman–Crippen MR) is 111 cm³/mol. The van der Waals surface area contributed by atoms with E-state index in [0.29, 0.717) is 45.2 Å². The van der Waals surface area contributed by atoms with Crippen LogP contribution in [0.1, 0.15) is 42.9 Å². The van der Waals surface area contributed by atoms with Crippen LogP contribution in [0.15, 0.2) is 24.3 Å². The van der Waals surface area contributed by atoms with Gasteiger partial charge in [0.25, 0.3) is 5.91 Å². The van der Waals surface area contributed by atoms with Crippen LogP contribution in [0, 0.1) is 5.41 Å². The molecular weight excluding hydrogens is 386 g/mol. The van der Waals surface area contributed by atoms with Crippen molar-refractivity contribution in [1.29, 1.82) is 5.41 Å². The smallest absolute Gasteiger partial charge is 0.263 e. The van der Waals surface area contributed by atoms with Gasteiger partial charge in [-0.25, -0.2) is 0 Å². The number of hydrogen-bond donors (Lipinski definition) is 4. The number of nitrogens with two attached hydrogens (primary N) is 1. The molecule has 0 spiro atoms. The molecule has 5 N–H and O–H groups in total. The van der Waals surface area contributed by atoms with Gasteiger partial charge in [0.1, 0.15) is 6.29 Å². The summed E-state index contributed by atoms with van der Waals surface area (Å²) in [5.74, 6) is -1.05. The van der Waals surface area contributed by atoms with Crippen molar-refractivity contribution < 1.29 is 19.1 Å². The van der Waals surface area contributed by atoms with Crippen molar-refractivity contribution in [3.8, 4) is 0 Å². The number of carbonyl (C=O) groups excluding carboxylic acids is 3. The van der Waals surface area contributed by atoms with Crippen molar-refractivity contribution in [2.45, 2.75) is 50.3 Å². The summed E-state index contributed by atoms with van der Waals surface area (Å²) in [6, 6.07) is 6.15. The Balaban J connectivity index is 1.83. The van der Waals surface area contributed by atoms with E-state index in [1.54, 1.807) is 0 Å². The van der Waals surface area contributed by atoms with Gasteiger partial charge in [0.05, 0.1) is 18.7 Å². The second-order valence-electron chi connectivity index (χ2n) is 7.58. The number of benzene rings is 1. The molecule has 2 heterocycles. The first-order valence-electron chi connectivity index (χ1n) is 10.4. The SMILES string of the molecule is N=C(N)NCCC[C@@H](C=O)N(C(=O)C1OCCc2ccccc21)C(=O)[C@@H]1CCCN1. The van der Waals surface area contributed by atoms with Gasteiger partial charge in [-0.15, -0.1) is 0 Å². The maximum absolute atomic E-state index is 13.5. The molecule has 1 aromatic carbocycles. The summed E-state index contributed by atoms with van der Waals surface area (Å²) in [5, 5.41) is 13.0. The number of ether oxygens (including phenoxy) is 1. The molecule has 3 atom stereocenters. The number of hydrogen-bond acceptors (Lipinski definition) is 6. The van der Waals surface area contributed by atoms with E-state index in [1.807, 2.05) is 24.3 Å². The second-order valence-corrected chi connectivity index (χ2v) is 7.58. The molecule has 2 aliphatic heterocycles. The zero-order valence-corrected chi connectivity index (χ0v) is 16.9. The first-order valence-corrected chi connectivity index (χ1v) is 10.4. The summed E-state index contributed by atoms with van der Waals surface area (Å²) < 4.78 is 5.77. The summed E-state index contributed by atoms with van der Waals surface area (Å²) in [6.45, 7) is 1.46. The molecule has 3 rings (SSSR count). The lowest BCUT2D eigenvalue weighted by Crippen LogP contribution is -2.54. The van der Waals surface area contributed by atoms with Crippen molar-refractivity contribution in [3.63, 3.8) is 0 Å². The normalized spacial score (nSPS) is 21.3. The molecule has 1 saturated heterocycles. The number of carbonyl (C=O) groups is 3. The standard InChI is InChI=1S/C21H29N5O4/c22-21(23)25-11-3-6-15(13-27)26(19(28)17-8-4-10-24-17)20(29)18-16-7-2-1-5-14(16)9-12-30-18/h1-2,5,7,13,15,17-18,24H,3-4,6,8-12H2,(H4,22,23,25)/t15-,17-,18?/m0/s1. The van der Waals surface area contributed by atoms with Crippen molar-refractivity contribution in [2.24, 2.45) is 5.73 Å². The molecule has 162 valence electrons. The Labute approximate surface area is 175 Å². The highest BCUT2D eigenvalue weighted by molar-refractivity contribution is 6.02. The zero-order valence-electron chi connectivity index (χ0n) is 16.9. The minimum atomic E-state index is -0.905. The highest BCUT2D eigenvalue weighted by Crippen LogP contribution is 2.30. The minimum absolute atomic E-state index is 0.163. The fourth-order valence-corrected chi connectivity index (χ4v) is 4.02. The first-order chi connectivity index (χ1) is 14.5. The van der Waals surface area contributed by atoms with Crippen LogP contribution in [0.25, 0.3) is 0 Å². The number of nitrogens with zero attached hydrogens (tertiary/aromatic N) is 1. The van der Waals surface area contributed by atoms with E-state index in [2.05, 4.69) is 10.6 Å². The van der Waals surface area contributed by atoms with Crippen LogP contribution < -0.4 is 16.4 Å². The van der Waals surface area contributed by atoms with Gasteiger partial charge in [0, 0.05) is 6.54 Å². The lowest BCUT2D eigenvalue weighted by Gasteiger charge is -2.34. The molecule has 9 nitrogen and oxygen atoms in total. The molecular formula is C21H29N5O4. The molecule has 2 aliphatic rings. The molecule has 1 aromatic rings. The van der Waals surface area contributed by atoms with Gasteiger partial charge >= 0.3 is 0 Å². The minimum Gasteiger partial charge on any atom is -0.370 e. The van der Waals surface area contributed by atoms with Crippen molar-refractivity contribution in [1.82, 2.24) is 15.5 Å². The largest absolute Gasteiger partial charge is 0.370 e. The molecule has 0 bridgehead atoms. The third-order valence-corrected chi connectivity index (χ3v) is 5.53. The van der Waals surface area contributed by atoms with Crippen molar-refractivity contribution in [2.75, 3.05) is 19.7 Å². The van der Waals surface area contributed by atoms with Crippen LogP contribution in [0.2, 0.25) is 0 Å². The topological polar surface area (TPSA) is 138 Å². The van der Waals surface area contributed by atoms with Gasteiger partial charge in [0.15, 0.2) is 12.1 Å². The number of aldehydes is 1.